The van der Waals surface area contributed by atoms with Crippen LogP contribution in [-0.4, -0.2) is 29.7 Å². The van der Waals surface area contributed by atoms with Crippen molar-refractivity contribution in [2.45, 2.75) is 16.7 Å². The molecule has 0 aliphatic heterocycles. The minimum absolute atomic E-state index is 0.0612. The fourth-order valence-corrected chi connectivity index (χ4v) is 3.19. The minimum atomic E-state index is -0.484. The summed E-state index contributed by atoms with van der Waals surface area (Å²) in [6.45, 7) is 0.437. The number of rotatable bonds is 6. The van der Waals surface area contributed by atoms with Crippen LogP contribution in [-0.2, 0) is 6.54 Å². The van der Waals surface area contributed by atoms with Gasteiger partial charge in [-0.1, -0.05) is 0 Å². The van der Waals surface area contributed by atoms with Crippen LogP contribution in [0.4, 0.5) is 5.69 Å². The molecule has 0 saturated heterocycles. The monoisotopic (exact) mass is 380 g/mol. The van der Waals surface area contributed by atoms with Gasteiger partial charge in [0.25, 0.3) is 5.69 Å². The molecule has 0 N–H and O–H groups in total. The van der Waals surface area contributed by atoms with Crippen LogP contribution in [0.2, 0.25) is 0 Å². The normalized spacial score (nSPS) is 10.8. The Balaban J connectivity index is 1.69. The molecule has 4 aromatic rings. The van der Waals surface area contributed by atoms with E-state index in [-0.39, 0.29) is 5.69 Å². The van der Waals surface area contributed by atoms with Crippen LogP contribution in [0.3, 0.4) is 0 Å². The van der Waals surface area contributed by atoms with Gasteiger partial charge in [-0.3, -0.25) is 19.7 Å². The van der Waals surface area contributed by atoms with E-state index in [4.69, 9.17) is 4.42 Å². The third-order valence-electron chi connectivity index (χ3n) is 3.68. The van der Waals surface area contributed by atoms with E-state index in [9.17, 15) is 10.1 Å². The molecule has 4 aromatic heterocycles. The zero-order chi connectivity index (χ0) is 18.6. The van der Waals surface area contributed by atoms with Crippen LogP contribution in [0.25, 0.3) is 11.4 Å². The number of aromatic nitrogens is 5. The topological polar surface area (TPSA) is 113 Å². The van der Waals surface area contributed by atoms with Crippen molar-refractivity contribution in [3.05, 3.63) is 77.1 Å². The minimum Gasteiger partial charge on any atom is -0.467 e. The Morgan fingerprint density at radius 3 is 2.67 bits per heavy atom. The third kappa shape index (κ3) is 3.70. The first-order valence-electron chi connectivity index (χ1n) is 7.85. The SMILES string of the molecule is O=[N+]([O-])c1ccc(Sc2nnc(-c3ccncc3)n2Cc2ccco2)nc1. The molecule has 4 heterocycles. The summed E-state index contributed by atoms with van der Waals surface area (Å²) in [6, 6.07) is 10.4. The molecule has 0 atom stereocenters. The van der Waals surface area contributed by atoms with Crippen LogP contribution in [0.1, 0.15) is 5.76 Å². The van der Waals surface area contributed by atoms with Crippen molar-refractivity contribution in [1.82, 2.24) is 24.7 Å². The first-order valence-corrected chi connectivity index (χ1v) is 8.66. The lowest BCUT2D eigenvalue weighted by molar-refractivity contribution is -0.385. The van der Waals surface area contributed by atoms with Gasteiger partial charge in [-0.15, -0.1) is 10.2 Å². The second-order valence-electron chi connectivity index (χ2n) is 5.42. The zero-order valence-corrected chi connectivity index (χ0v) is 14.6. The number of nitrogens with zero attached hydrogens (tertiary/aromatic N) is 6. The van der Waals surface area contributed by atoms with Gasteiger partial charge in [0.1, 0.15) is 17.0 Å². The average molecular weight is 380 g/mol. The van der Waals surface area contributed by atoms with Crippen molar-refractivity contribution in [3.8, 4) is 11.4 Å². The fourth-order valence-electron chi connectivity index (χ4n) is 2.41. The zero-order valence-electron chi connectivity index (χ0n) is 13.8. The van der Waals surface area contributed by atoms with E-state index in [2.05, 4.69) is 20.2 Å². The molecular weight excluding hydrogens is 368 g/mol. The Morgan fingerprint density at radius 1 is 1.15 bits per heavy atom. The van der Waals surface area contributed by atoms with Gasteiger partial charge in [0, 0.05) is 24.0 Å². The molecule has 4 rings (SSSR count). The molecule has 0 saturated carbocycles. The molecule has 0 aromatic carbocycles. The second kappa shape index (κ2) is 7.38. The van der Waals surface area contributed by atoms with Crippen molar-refractivity contribution in [1.29, 1.82) is 0 Å². The van der Waals surface area contributed by atoms with E-state index in [1.165, 1.54) is 24.0 Å². The summed E-state index contributed by atoms with van der Waals surface area (Å²) in [4.78, 5) is 18.4. The lowest BCUT2D eigenvalue weighted by Gasteiger charge is -2.08. The van der Waals surface area contributed by atoms with Gasteiger partial charge in [0.05, 0.1) is 17.7 Å². The van der Waals surface area contributed by atoms with Gasteiger partial charge >= 0.3 is 0 Å². The number of nitro groups is 1. The molecule has 9 nitrogen and oxygen atoms in total. The Labute approximate surface area is 157 Å². The molecule has 0 fully saturated rings. The van der Waals surface area contributed by atoms with Crippen molar-refractivity contribution >= 4 is 17.4 Å². The maximum Gasteiger partial charge on any atom is 0.287 e. The molecule has 0 spiro atoms. The number of furan rings is 1. The summed E-state index contributed by atoms with van der Waals surface area (Å²) in [7, 11) is 0. The largest absolute Gasteiger partial charge is 0.467 e. The maximum atomic E-state index is 10.8. The van der Waals surface area contributed by atoms with Crippen molar-refractivity contribution in [2.75, 3.05) is 0 Å². The number of pyridine rings is 2. The van der Waals surface area contributed by atoms with Gasteiger partial charge in [-0.25, -0.2) is 4.98 Å². The summed E-state index contributed by atoms with van der Waals surface area (Å²) in [5.74, 6) is 1.42. The molecule has 27 heavy (non-hydrogen) atoms. The quantitative estimate of drug-likeness (QED) is 0.369. The van der Waals surface area contributed by atoms with Gasteiger partial charge in [0.15, 0.2) is 11.0 Å². The van der Waals surface area contributed by atoms with Crippen LogP contribution in [0.5, 0.6) is 0 Å². The van der Waals surface area contributed by atoms with Crippen LogP contribution >= 0.6 is 11.8 Å². The third-order valence-corrected chi connectivity index (χ3v) is 4.61. The summed E-state index contributed by atoms with van der Waals surface area (Å²) in [6.07, 6.45) is 6.20. The highest BCUT2D eigenvalue weighted by Crippen LogP contribution is 2.29. The fraction of sp³-hybridized carbons (Fsp3) is 0.0588. The smallest absolute Gasteiger partial charge is 0.287 e. The van der Waals surface area contributed by atoms with Gasteiger partial charge in [-0.2, -0.15) is 0 Å². The van der Waals surface area contributed by atoms with E-state index in [1.807, 2.05) is 28.8 Å². The average Bonchev–Trinajstić information content (AvgIpc) is 3.34. The Bertz CT molecular complexity index is 1050. The highest BCUT2D eigenvalue weighted by molar-refractivity contribution is 7.99. The molecule has 134 valence electrons. The Morgan fingerprint density at radius 2 is 2.00 bits per heavy atom. The van der Waals surface area contributed by atoms with Crippen LogP contribution in [0, 0.1) is 10.1 Å². The molecule has 0 amide bonds. The highest BCUT2D eigenvalue weighted by atomic mass is 32.2. The van der Waals surface area contributed by atoms with E-state index in [0.717, 1.165) is 11.3 Å². The molecular formula is C17H12N6O3S. The van der Waals surface area contributed by atoms with Crippen molar-refractivity contribution in [2.24, 2.45) is 0 Å². The van der Waals surface area contributed by atoms with Gasteiger partial charge in [0.2, 0.25) is 0 Å². The predicted molar refractivity (Wildman–Crippen MR) is 96.1 cm³/mol. The lowest BCUT2D eigenvalue weighted by atomic mass is 10.2. The highest BCUT2D eigenvalue weighted by Gasteiger charge is 2.17. The van der Waals surface area contributed by atoms with E-state index < -0.39 is 4.92 Å². The maximum absolute atomic E-state index is 10.8. The first kappa shape index (κ1) is 16.9. The molecule has 0 radical (unpaired) electrons. The first-order chi connectivity index (χ1) is 13.2. The predicted octanol–water partition coefficient (Wildman–Crippen LogP) is 3.44. The van der Waals surface area contributed by atoms with E-state index in [0.29, 0.717) is 22.6 Å². The molecule has 10 heteroatoms. The summed E-state index contributed by atoms with van der Waals surface area (Å²) in [5.41, 5.74) is 0.807. The van der Waals surface area contributed by atoms with Crippen LogP contribution < -0.4 is 0 Å². The van der Waals surface area contributed by atoms with E-state index >= 15 is 0 Å². The van der Waals surface area contributed by atoms with Gasteiger partial charge < -0.3 is 4.42 Å². The van der Waals surface area contributed by atoms with Crippen molar-refractivity contribution in [3.63, 3.8) is 0 Å². The Kier molecular flexibility index (Phi) is 4.62. The molecule has 0 aliphatic rings. The molecule has 0 aliphatic carbocycles. The number of hydrogen-bond donors (Lipinski definition) is 0. The standard InChI is InChI=1S/C17H12N6O3S/c24-23(25)13-3-4-15(19-10-13)27-17-21-20-16(12-5-7-18-8-6-12)22(17)11-14-2-1-9-26-14/h1-10H,11H2. The van der Waals surface area contributed by atoms with Crippen LogP contribution in [0.15, 0.2) is 75.9 Å². The molecule has 0 bridgehead atoms. The summed E-state index contributed by atoms with van der Waals surface area (Å²) in [5, 5.41) is 20.5. The second-order valence-corrected chi connectivity index (χ2v) is 6.41. The summed E-state index contributed by atoms with van der Waals surface area (Å²) < 4.78 is 7.36. The Hall–Kier alpha value is -3.53. The number of hydrogen-bond acceptors (Lipinski definition) is 8. The van der Waals surface area contributed by atoms with E-state index in [1.54, 1.807) is 24.7 Å². The lowest BCUT2D eigenvalue weighted by Crippen LogP contribution is -2.03. The summed E-state index contributed by atoms with van der Waals surface area (Å²) >= 11 is 1.27. The van der Waals surface area contributed by atoms with Gasteiger partial charge in [-0.05, 0) is 42.1 Å². The van der Waals surface area contributed by atoms with Crippen molar-refractivity contribution < 1.29 is 9.34 Å². The molecule has 0 unspecified atom stereocenters.